The lowest BCUT2D eigenvalue weighted by molar-refractivity contribution is -0.121. The van der Waals surface area contributed by atoms with E-state index in [1.165, 1.54) is 0 Å². The monoisotopic (exact) mass is 320 g/mol. The number of hydrogen-bond acceptors (Lipinski definition) is 5. The van der Waals surface area contributed by atoms with E-state index in [1.807, 2.05) is 0 Å². The highest BCUT2D eigenvalue weighted by atomic mass is 16.5. The predicted molar refractivity (Wildman–Crippen MR) is 83.8 cm³/mol. The Balaban J connectivity index is 1.42. The molecular weight excluding hydrogens is 296 g/mol. The molecule has 0 unspecified atom stereocenters. The summed E-state index contributed by atoms with van der Waals surface area (Å²) in [6, 6.07) is 2.08. The number of nitrogens with one attached hydrogen (secondary N) is 2. The molecule has 0 atom stereocenters. The van der Waals surface area contributed by atoms with Gasteiger partial charge in [0.2, 0.25) is 5.91 Å². The summed E-state index contributed by atoms with van der Waals surface area (Å²) in [5.74, 6) is 1.12. The molecule has 2 amide bonds. The van der Waals surface area contributed by atoms with Crippen LogP contribution in [0.1, 0.15) is 67.1 Å². The molecule has 7 heteroatoms. The molecule has 1 aromatic heterocycles. The molecule has 3 rings (SSSR count). The summed E-state index contributed by atoms with van der Waals surface area (Å²) in [6.07, 6.45) is 6.05. The van der Waals surface area contributed by atoms with Crippen LogP contribution < -0.4 is 16.4 Å². The van der Waals surface area contributed by atoms with Crippen LogP contribution in [0.4, 0.5) is 0 Å². The van der Waals surface area contributed by atoms with Crippen molar-refractivity contribution in [2.24, 2.45) is 5.73 Å². The zero-order valence-corrected chi connectivity index (χ0v) is 13.2. The number of carbonyl (C=O) groups excluding carboxylic acids is 2. The Labute approximate surface area is 135 Å². The maximum absolute atomic E-state index is 12.2. The minimum atomic E-state index is -0.170. The maximum Gasteiger partial charge on any atom is 0.273 e. The molecule has 2 aliphatic carbocycles. The first-order valence-electron chi connectivity index (χ1n) is 8.42. The molecule has 1 heterocycles. The molecule has 0 aromatic carbocycles. The Morgan fingerprint density at radius 2 is 1.78 bits per heavy atom. The van der Waals surface area contributed by atoms with Crippen LogP contribution in [0, 0.1) is 0 Å². The number of carbonyl (C=O) groups is 2. The van der Waals surface area contributed by atoms with Crippen LogP contribution in [0.25, 0.3) is 0 Å². The summed E-state index contributed by atoms with van der Waals surface area (Å²) in [5.41, 5.74) is 5.74. The van der Waals surface area contributed by atoms with E-state index in [-0.39, 0.29) is 23.9 Å². The van der Waals surface area contributed by atoms with Crippen LogP contribution in [0.3, 0.4) is 0 Å². The molecule has 2 fully saturated rings. The lowest BCUT2D eigenvalue weighted by Crippen LogP contribution is -2.44. The Bertz CT molecular complexity index is 559. The van der Waals surface area contributed by atoms with E-state index in [1.54, 1.807) is 6.07 Å². The summed E-state index contributed by atoms with van der Waals surface area (Å²) in [5, 5.41) is 9.86. The second-order valence-electron chi connectivity index (χ2n) is 6.52. The van der Waals surface area contributed by atoms with Gasteiger partial charge in [0.25, 0.3) is 5.91 Å². The van der Waals surface area contributed by atoms with Crippen molar-refractivity contribution in [1.29, 1.82) is 0 Å². The fraction of sp³-hybridized carbons (Fsp3) is 0.688. The first kappa shape index (κ1) is 16.0. The predicted octanol–water partition coefficient (Wildman–Crippen LogP) is 1.06. The first-order valence-corrected chi connectivity index (χ1v) is 8.42. The summed E-state index contributed by atoms with van der Waals surface area (Å²) in [6.45, 7) is 0.373. The second kappa shape index (κ2) is 7.12. The van der Waals surface area contributed by atoms with Crippen molar-refractivity contribution in [2.45, 2.75) is 62.9 Å². The average molecular weight is 320 g/mol. The molecular formula is C16H24N4O3. The van der Waals surface area contributed by atoms with Crippen molar-refractivity contribution < 1.29 is 14.1 Å². The lowest BCUT2D eigenvalue weighted by atomic mass is 9.91. The molecule has 1 aromatic rings. The van der Waals surface area contributed by atoms with Crippen LogP contribution in [0.15, 0.2) is 10.6 Å². The van der Waals surface area contributed by atoms with E-state index >= 15 is 0 Å². The van der Waals surface area contributed by atoms with Gasteiger partial charge < -0.3 is 20.9 Å². The average Bonchev–Trinajstić information content (AvgIpc) is 3.26. The Morgan fingerprint density at radius 3 is 2.39 bits per heavy atom. The number of hydrogen-bond donors (Lipinski definition) is 3. The molecule has 2 aliphatic rings. The van der Waals surface area contributed by atoms with E-state index < -0.39 is 0 Å². The molecule has 126 valence electrons. The quantitative estimate of drug-likeness (QED) is 0.726. The molecule has 4 N–H and O–H groups in total. The highest BCUT2D eigenvalue weighted by molar-refractivity contribution is 5.92. The van der Waals surface area contributed by atoms with Gasteiger partial charge in [0.1, 0.15) is 5.76 Å². The molecule has 0 radical (unpaired) electrons. The third-order valence-electron chi connectivity index (χ3n) is 4.54. The molecule has 7 nitrogen and oxygen atoms in total. The van der Waals surface area contributed by atoms with Crippen LogP contribution in [0.2, 0.25) is 0 Å². The molecule has 0 saturated heterocycles. The van der Waals surface area contributed by atoms with Crippen LogP contribution in [-0.4, -0.2) is 35.6 Å². The van der Waals surface area contributed by atoms with Gasteiger partial charge >= 0.3 is 0 Å². The summed E-state index contributed by atoms with van der Waals surface area (Å²) < 4.78 is 5.21. The fourth-order valence-corrected chi connectivity index (χ4v) is 3.03. The van der Waals surface area contributed by atoms with Gasteiger partial charge in [-0.1, -0.05) is 5.16 Å². The SMILES string of the molecule is NCCC(=O)N[C@H]1CC[C@H](NC(=O)c2cc(C3CC3)on2)CC1. The third kappa shape index (κ3) is 4.31. The molecule has 0 bridgehead atoms. The van der Waals surface area contributed by atoms with Gasteiger partial charge in [0.15, 0.2) is 5.69 Å². The largest absolute Gasteiger partial charge is 0.360 e. The van der Waals surface area contributed by atoms with E-state index in [0.29, 0.717) is 24.6 Å². The minimum absolute atomic E-state index is 0.00943. The zero-order valence-electron chi connectivity index (χ0n) is 13.2. The third-order valence-corrected chi connectivity index (χ3v) is 4.54. The zero-order chi connectivity index (χ0) is 16.2. The number of rotatable bonds is 6. The molecule has 2 saturated carbocycles. The standard InChI is InChI=1S/C16H24N4O3/c17-8-7-15(21)18-11-3-5-12(6-4-11)19-16(22)13-9-14(23-20-13)10-1-2-10/h9-12H,1-8,17H2,(H,18,21)(H,19,22)/t11-,12-. The van der Waals surface area contributed by atoms with Gasteiger partial charge in [0, 0.05) is 37.0 Å². The normalized spacial score (nSPS) is 24.2. The molecule has 0 aliphatic heterocycles. The molecule has 23 heavy (non-hydrogen) atoms. The minimum Gasteiger partial charge on any atom is -0.360 e. The van der Waals surface area contributed by atoms with Gasteiger partial charge in [-0.3, -0.25) is 9.59 Å². The van der Waals surface area contributed by atoms with Gasteiger partial charge in [-0.2, -0.15) is 0 Å². The van der Waals surface area contributed by atoms with Crippen molar-refractivity contribution >= 4 is 11.8 Å². The van der Waals surface area contributed by atoms with E-state index in [9.17, 15) is 9.59 Å². The highest BCUT2D eigenvalue weighted by Crippen LogP contribution is 2.40. The number of amides is 2. The topological polar surface area (TPSA) is 110 Å². The smallest absolute Gasteiger partial charge is 0.273 e. The Kier molecular flexibility index (Phi) is 4.95. The fourth-order valence-electron chi connectivity index (χ4n) is 3.03. The second-order valence-corrected chi connectivity index (χ2v) is 6.52. The first-order chi connectivity index (χ1) is 11.2. The van der Waals surface area contributed by atoms with Crippen molar-refractivity contribution in [3.8, 4) is 0 Å². The van der Waals surface area contributed by atoms with Crippen molar-refractivity contribution in [1.82, 2.24) is 15.8 Å². The van der Waals surface area contributed by atoms with Gasteiger partial charge in [0.05, 0.1) is 0 Å². The van der Waals surface area contributed by atoms with E-state index in [2.05, 4.69) is 15.8 Å². The number of nitrogens with two attached hydrogens (primary N) is 1. The van der Waals surface area contributed by atoms with Crippen molar-refractivity contribution in [3.63, 3.8) is 0 Å². The van der Waals surface area contributed by atoms with E-state index in [0.717, 1.165) is 44.3 Å². The van der Waals surface area contributed by atoms with Gasteiger partial charge in [-0.05, 0) is 38.5 Å². The van der Waals surface area contributed by atoms with Crippen molar-refractivity contribution in [2.75, 3.05) is 6.54 Å². The Morgan fingerprint density at radius 1 is 1.13 bits per heavy atom. The summed E-state index contributed by atoms with van der Waals surface area (Å²) >= 11 is 0. The summed E-state index contributed by atoms with van der Waals surface area (Å²) in [4.78, 5) is 23.7. The van der Waals surface area contributed by atoms with Crippen LogP contribution >= 0.6 is 0 Å². The lowest BCUT2D eigenvalue weighted by Gasteiger charge is -2.29. The van der Waals surface area contributed by atoms with Gasteiger partial charge in [-0.25, -0.2) is 0 Å². The van der Waals surface area contributed by atoms with Crippen molar-refractivity contribution in [3.05, 3.63) is 17.5 Å². The summed E-state index contributed by atoms with van der Waals surface area (Å²) in [7, 11) is 0. The van der Waals surface area contributed by atoms with Crippen LogP contribution in [0.5, 0.6) is 0 Å². The van der Waals surface area contributed by atoms with Gasteiger partial charge in [-0.15, -0.1) is 0 Å². The maximum atomic E-state index is 12.2. The van der Waals surface area contributed by atoms with Crippen LogP contribution in [-0.2, 0) is 4.79 Å². The number of aromatic nitrogens is 1. The van der Waals surface area contributed by atoms with E-state index in [4.69, 9.17) is 10.3 Å². The Hall–Kier alpha value is -1.89. The molecule has 0 spiro atoms. The highest BCUT2D eigenvalue weighted by Gasteiger charge is 2.30. The number of nitrogens with zero attached hydrogens (tertiary/aromatic N) is 1.